The predicted octanol–water partition coefficient (Wildman–Crippen LogP) is 4.41. The highest BCUT2D eigenvalue weighted by molar-refractivity contribution is 6.21. The van der Waals surface area contributed by atoms with Gasteiger partial charge in [0.1, 0.15) is 5.75 Å². The maximum absolute atomic E-state index is 6.59. The molecule has 3 unspecified atom stereocenters. The molecular weight excluding hydrogens is 232 g/mol. The Morgan fingerprint density at radius 1 is 1.18 bits per heavy atom. The van der Waals surface area contributed by atoms with E-state index in [0.29, 0.717) is 5.92 Å². The Balaban J connectivity index is 1.66. The van der Waals surface area contributed by atoms with Gasteiger partial charge >= 0.3 is 0 Å². The van der Waals surface area contributed by atoms with Crippen molar-refractivity contribution in [2.45, 2.75) is 31.6 Å². The van der Waals surface area contributed by atoms with E-state index in [1.54, 1.807) is 0 Å². The van der Waals surface area contributed by atoms with Crippen molar-refractivity contribution in [1.82, 2.24) is 0 Å². The fraction of sp³-hybridized carbons (Fsp3) is 0.600. The van der Waals surface area contributed by atoms with Gasteiger partial charge in [0.15, 0.2) is 0 Å². The standard InChI is InChI=1S/C15H19ClO/c1-2-17-14-5-3-10(4-6-14)15(16)13-8-11-7-12(11)9-13/h3-6,11-13,15H,2,7-9H2,1H3. The molecule has 0 bridgehead atoms. The number of hydrogen-bond donors (Lipinski definition) is 0. The molecule has 3 atom stereocenters. The summed E-state index contributed by atoms with van der Waals surface area (Å²) in [5, 5.41) is 0.193. The third-order valence-corrected chi connectivity index (χ3v) is 4.81. The van der Waals surface area contributed by atoms with E-state index < -0.39 is 0 Å². The molecule has 0 spiro atoms. The number of hydrogen-bond acceptors (Lipinski definition) is 1. The molecule has 3 rings (SSSR count). The molecule has 0 heterocycles. The first kappa shape index (κ1) is 11.4. The number of alkyl halides is 1. The zero-order valence-corrected chi connectivity index (χ0v) is 11.0. The third-order valence-electron chi connectivity index (χ3n) is 4.20. The molecule has 2 aliphatic carbocycles. The third kappa shape index (κ3) is 2.30. The Morgan fingerprint density at radius 3 is 2.41 bits per heavy atom. The van der Waals surface area contributed by atoms with Crippen LogP contribution in [0.15, 0.2) is 24.3 Å². The van der Waals surface area contributed by atoms with Crippen molar-refractivity contribution >= 4 is 11.6 Å². The lowest BCUT2D eigenvalue weighted by Crippen LogP contribution is -2.06. The summed E-state index contributed by atoms with van der Waals surface area (Å²) in [4.78, 5) is 0. The summed E-state index contributed by atoms with van der Waals surface area (Å²) in [5.74, 6) is 3.64. The van der Waals surface area contributed by atoms with Crippen molar-refractivity contribution in [3.8, 4) is 5.75 Å². The van der Waals surface area contributed by atoms with Crippen LogP contribution in [0.4, 0.5) is 0 Å². The van der Waals surface area contributed by atoms with Crippen molar-refractivity contribution in [1.29, 1.82) is 0 Å². The molecule has 92 valence electrons. The van der Waals surface area contributed by atoms with Crippen LogP contribution in [0, 0.1) is 17.8 Å². The Labute approximate surface area is 108 Å². The molecule has 1 aromatic carbocycles. The Kier molecular flexibility index (Phi) is 3.04. The van der Waals surface area contributed by atoms with Crippen molar-refractivity contribution in [2.75, 3.05) is 6.61 Å². The first-order valence-electron chi connectivity index (χ1n) is 6.64. The van der Waals surface area contributed by atoms with Gasteiger partial charge in [0.25, 0.3) is 0 Å². The quantitative estimate of drug-likeness (QED) is 0.720. The molecule has 0 N–H and O–H groups in total. The van der Waals surface area contributed by atoms with E-state index in [1.807, 2.05) is 19.1 Å². The summed E-state index contributed by atoms with van der Waals surface area (Å²) < 4.78 is 5.45. The second-order valence-electron chi connectivity index (χ2n) is 5.39. The predicted molar refractivity (Wildman–Crippen MR) is 70.5 cm³/mol. The van der Waals surface area contributed by atoms with E-state index in [2.05, 4.69) is 12.1 Å². The molecule has 2 saturated carbocycles. The van der Waals surface area contributed by atoms with E-state index in [-0.39, 0.29) is 5.38 Å². The Bertz CT molecular complexity index is 376. The lowest BCUT2D eigenvalue weighted by Gasteiger charge is -2.19. The minimum atomic E-state index is 0.193. The highest BCUT2D eigenvalue weighted by Crippen LogP contribution is 2.58. The molecule has 2 aliphatic rings. The maximum Gasteiger partial charge on any atom is 0.119 e. The van der Waals surface area contributed by atoms with Gasteiger partial charge in [-0.05, 0) is 61.6 Å². The number of halogens is 1. The number of ether oxygens (including phenoxy) is 1. The zero-order chi connectivity index (χ0) is 11.8. The fourth-order valence-corrected chi connectivity index (χ4v) is 3.54. The molecule has 0 aromatic heterocycles. The van der Waals surface area contributed by atoms with Gasteiger partial charge in [0.2, 0.25) is 0 Å². The lowest BCUT2D eigenvalue weighted by atomic mass is 9.94. The monoisotopic (exact) mass is 250 g/mol. The summed E-state index contributed by atoms with van der Waals surface area (Å²) in [6.45, 7) is 2.72. The minimum Gasteiger partial charge on any atom is -0.494 e. The average molecular weight is 251 g/mol. The molecule has 0 amide bonds. The number of benzene rings is 1. The summed E-state index contributed by atoms with van der Waals surface area (Å²) in [6.07, 6.45) is 4.14. The molecule has 17 heavy (non-hydrogen) atoms. The van der Waals surface area contributed by atoms with Gasteiger partial charge in [-0.1, -0.05) is 12.1 Å². The molecule has 0 aliphatic heterocycles. The van der Waals surface area contributed by atoms with Gasteiger partial charge in [-0.25, -0.2) is 0 Å². The molecular formula is C15H19ClO. The zero-order valence-electron chi connectivity index (χ0n) is 10.2. The van der Waals surface area contributed by atoms with Gasteiger partial charge in [0.05, 0.1) is 12.0 Å². The maximum atomic E-state index is 6.59. The van der Waals surface area contributed by atoms with Gasteiger partial charge in [-0.3, -0.25) is 0 Å². The Hall–Kier alpha value is -0.690. The molecule has 2 heteroatoms. The van der Waals surface area contributed by atoms with Crippen LogP contribution >= 0.6 is 11.6 Å². The van der Waals surface area contributed by atoms with Crippen LogP contribution in [-0.4, -0.2) is 6.61 Å². The summed E-state index contributed by atoms with van der Waals surface area (Å²) in [7, 11) is 0. The molecule has 0 radical (unpaired) electrons. The van der Waals surface area contributed by atoms with Crippen molar-refractivity contribution in [2.24, 2.45) is 17.8 Å². The fourth-order valence-electron chi connectivity index (χ4n) is 3.19. The van der Waals surface area contributed by atoms with E-state index in [4.69, 9.17) is 16.3 Å². The van der Waals surface area contributed by atoms with Crippen molar-refractivity contribution in [3.05, 3.63) is 29.8 Å². The SMILES string of the molecule is CCOc1ccc(C(Cl)C2CC3CC3C2)cc1. The average Bonchev–Trinajstić information content (AvgIpc) is 2.97. The highest BCUT2D eigenvalue weighted by atomic mass is 35.5. The van der Waals surface area contributed by atoms with Gasteiger partial charge in [-0.15, -0.1) is 11.6 Å². The van der Waals surface area contributed by atoms with Crippen LogP contribution in [-0.2, 0) is 0 Å². The van der Waals surface area contributed by atoms with E-state index >= 15 is 0 Å². The smallest absolute Gasteiger partial charge is 0.119 e. The van der Waals surface area contributed by atoms with Crippen LogP contribution in [0.3, 0.4) is 0 Å². The van der Waals surface area contributed by atoms with Gasteiger partial charge in [-0.2, -0.15) is 0 Å². The van der Waals surface area contributed by atoms with E-state index in [0.717, 1.165) is 24.2 Å². The first-order valence-corrected chi connectivity index (χ1v) is 7.08. The van der Waals surface area contributed by atoms with Crippen LogP contribution < -0.4 is 4.74 Å². The van der Waals surface area contributed by atoms with E-state index in [9.17, 15) is 0 Å². The molecule has 1 nitrogen and oxygen atoms in total. The van der Waals surface area contributed by atoms with E-state index in [1.165, 1.54) is 24.8 Å². The van der Waals surface area contributed by atoms with Crippen LogP contribution in [0.1, 0.15) is 37.1 Å². The topological polar surface area (TPSA) is 9.23 Å². The van der Waals surface area contributed by atoms with Crippen LogP contribution in [0.25, 0.3) is 0 Å². The van der Waals surface area contributed by atoms with Crippen molar-refractivity contribution < 1.29 is 4.74 Å². The normalized spacial score (nSPS) is 32.0. The molecule has 2 fully saturated rings. The molecule has 1 aromatic rings. The van der Waals surface area contributed by atoms with Gasteiger partial charge in [0, 0.05) is 0 Å². The second kappa shape index (κ2) is 4.53. The lowest BCUT2D eigenvalue weighted by molar-refractivity contribution is 0.340. The summed E-state index contributed by atoms with van der Waals surface area (Å²) >= 11 is 6.59. The minimum absolute atomic E-state index is 0.193. The molecule has 0 saturated heterocycles. The highest BCUT2D eigenvalue weighted by Gasteiger charge is 2.47. The summed E-state index contributed by atoms with van der Waals surface area (Å²) in [5.41, 5.74) is 1.25. The first-order chi connectivity index (χ1) is 8.28. The number of fused-ring (bicyclic) bond motifs is 1. The largest absolute Gasteiger partial charge is 0.494 e. The van der Waals surface area contributed by atoms with Crippen LogP contribution in [0.2, 0.25) is 0 Å². The van der Waals surface area contributed by atoms with Gasteiger partial charge < -0.3 is 4.74 Å². The van der Waals surface area contributed by atoms with Crippen molar-refractivity contribution in [3.63, 3.8) is 0 Å². The Morgan fingerprint density at radius 2 is 1.82 bits per heavy atom. The summed E-state index contributed by atoms with van der Waals surface area (Å²) in [6, 6.07) is 8.30. The second-order valence-corrected chi connectivity index (χ2v) is 5.86. The van der Waals surface area contributed by atoms with Crippen LogP contribution in [0.5, 0.6) is 5.75 Å². The number of rotatable bonds is 4.